The zero-order valence-electron chi connectivity index (χ0n) is 22.6. The van der Waals surface area contributed by atoms with Crippen LogP contribution in [-0.2, 0) is 20.6 Å². The molecule has 0 saturated carbocycles. The molecule has 0 aliphatic carbocycles. The molecule has 2 aliphatic rings. The van der Waals surface area contributed by atoms with Gasteiger partial charge >= 0.3 is 18.4 Å². The molecule has 13 heteroatoms. The normalized spacial score (nSPS) is 25.0. The predicted molar refractivity (Wildman–Crippen MR) is 137 cm³/mol. The minimum atomic E-state index is -4.24. The molecule has 1 amide bonds. The second-order valence-corrected chi connectivity index (χ2v) is 11.1. The summed E-state index contributed by atoms with van der Waals surface area (Å²) in [6, 6.07) is 6.89. The maximum absolute atomic E-state index is 12.9. The number of hydrogen-bond acceptors (Lipinski definition) is 9. The van der Waals surface area contributed by atoms with Crippen LogP contribution in [0, 0.1) is 5.92 Å². The number of alkyl halides is 3. The van der Waals surface area contributed by atoms with E-state index in [0.29, 0.717) is 18.6 Å². The predicted octanol–water partition coefficient (Wildman–Crippen LogP) is 4.20. The van der Waals surface area contributed by atoms with Crippen molar-refractivity contribution in [1.29, 1.82) is 0 Å². The fourth-order valence-electron chi connectivity index (χ4n) is 4.83. The molecule has 40 heavy (non-hydrogen) atoms. The number of alkyl carbamates (subject to hydrolysis) is 1. The van der Waals surface area contributed by atoms with E-state index < -0.39 is 42.2 Å². The Hall–Kier alpha value is -3.32. The molecule has 220 valence electrons. The smallest absolute Gasteiger partial charge is 0.444 e. The number of amides is 1. The maximum Gasteiger partial charge on any atom is 0.509 e. The summed E-state index contributed by atoms with van der Waals surface area (Å²) < 4.78 is 60.5. The third kappa shape index (κ3) is 8.34. The lowest BCUT2D eigenvalue weighted by atomic mass is 10.00. The maximum atomic E-state index is 12.9. The highest BCUT2D eigenvalue weighted by Crippen LogP contribution is 2.33. The van der Waals surface area contributed by atoms with Crippen LogP contribution in [0.25, 0.3) is 11.3 Å². The van der Waals surface area contributed by atoms with Gasteiger partial charge in [-0.05, 0) is 45.6 Å². The number of carbonyl (C=O) groups excluding carboxylic acids is 2. The average Bonchev–Trinajstić information content (AvgIpc) is 3.62. The molecule has 0 bridgehead atoms. The van der Waals surface area contributed by atoms with Crippen molar-refractivity contribution in [3.8, 4) is 11.3 Å². The summed E-state index contributed by atoms with van der Waals surface area (Å²) in [5.41, 5.74) is 1.04. The number of hydrogen-bond donors (Lipinski definition) is 3. The molecule has 10 nitrogen and oxygen atoms in total. The highest BCUT2D eigenvalue weighted by molar-refractivity contribution is 5.67. The van der Waals surface area contributed by atoms with Crippen LogP contribution in [0.15, 0.2) is 41.3 Å². The van der Waals surface area contributed by atoms with Gasteiger partial charge in [-0.25, -0.2) is 14.6 Å². The van der Waals surface area contributed by atoms with Crippen LogP contribution in [-0.4, -0.2) is 72.9 Å². The number of carbonyl (C=O) groups is 2. The number of nitrogens with zero attached hydrogens (tertiary/aromatic N) is 1. The lowest BCUT2D eigenvalue weighted by Crippen LogP contribution is -2.43. The molecule has 4 rings (SSSR count). The lowest BCUT2D eigenvalue weighted by Gasteiger charge is -2.26. The van der Waals surface area contributed by atoms with Crippen molar-refractivity contribution < 1.29 is 41.4 Å². The van der Waals surface area contributed by atoms with Crippen LogP contribution in [0.5, 0.6) is 0 Å². The van der Waals surface area contributed by atoms with Gasteiger partial charge in [0, 0.05) is 31.2 Å². The second-order valence-electron chi connectivity index (χ2n) is 11.1. The first-order valence-corrected chi connectivity index (χ1v) is 13.2. The van der Waals surface area contributed by atoms with Crippen molar-refractivity contribution in [1.82, 2.24) is 20.9 Å². The first-order chi connectivity index (χ1) is 18.9. The summed E-state index contributed by atoms with van der Waals surface area (Å²) in [7, 11) is 0. The molecule has 0 radical (unpaired) electrons. The summed E-state index contributed by atoms with van der Waals surface area (Å²) in [6.45, 7) is 5.38. The number of benzene rings is 1. The van der Waals surface area contributed by atoms with Crippen LogP contribution >= 0.6 is 0 Å². The Morgan fingerprint density at radius 2 is 1.85 bits per heavy atom. The molecule has 3 N–H and O–H groups in total. The fourth-order valence-corrected chi connectivity index (χ4v) is 4.83. The van der Waals surface area contributed by atoms with Gasteiger partial charge in [0.25, 0.3) is 0 Å². The van der Waals surface area contributed by atoms with Crippen molar-refractivity contribution in [3.05, 3.63) is 42.4 Å². The summed E-state index contributed by atoms with van der Waals surface area (Å²) in [5, 5.41) is 8.72. The summed E-state index contributed by atoms with van der Waals surface area (Å²) in [4.78, 5) is 28.9. The van der Waals surface area contributed by atoms with Gasteiger partial charge in [-0.1, -0.05) is 24.3 Å². The first kappa shape index (κ1) is 29.7. The molecule has 0 unspecified atom stereocenters. The summed E-state index contributed by atoms with van der Waals surface area (Å²) in [5.74, 6) is -0.749. The molecular weight excluding hydrogens is 533 g/mol. The van der Waals surface area contributed by atoms with E-state index in [9.17, 15) is 22.8 Å². The van der Waals surface area contributed by atoms with Gasteiger partial charge in [0.15, 0.2) is 24.4 Å². The Morgan fingerprint density at radius 1 is 1.10 bits per heavy atom. The van der Waals surface area contributed by atoms with E-state index in [0.717, 1.165) is 11.1 Å². The molecule has 2 fully saturated rings. The number of ether oxygens (including phenoxy) is 3. The minimum Gasteiger partial charge on any atom is -0.444 e. The van der Waals surface area contributed by atoms with Gasteiger partial charge in [-0.15, -0.1) is 0 Å². The van der Waals surface area contributed by atoms with Crippen molar-refractivity contribution in [2.75, 3.05) is 19.6 Å². The zero-order chi connectivity index (χ0) is 28.9. The Labute approximate surface area is 230 Å². The molecular formula is C27H35F3N4O6. The number of aromatic nitrogens is 1. The Bertz CT molecular complexity index is 1120. The Kier molecular flexibility index (Phi) is 9.24. The highest BCUT2D eigenvalue weighted by atomic mass is 19.4. The van der Waals surface area contributed by atoms with Gasteiger partial charge in [0.2, 0.25) is 0 Å². The SMILES string of the molecule is CC(C)(C)OC(=O)O[C@H]1CN[C@H](Cc2ccc(-c3cnco3)cc2)[C@@H]1OC(=O)NCC[C@@H]1C[C@H](C(F)(F)F)CN1. The molecule has 2 aromatic rings. The van der Waals surface area contributed by atoms with E-state index in [1.54, 1.807) is 27.0 Å². The number of rotatable bonds is 8. The van der Waals surface area contributed by atoms with E-state index in [1.807, 2.05) is 24.3 Å². The molecule has 3 heterocycles. The standard InChI is InChI=1S/C27H35F3N4O6/c1-26(2,3)40-25(36)38-22-14-34-20(10-16-4-6-17(7-5-16)21-13-31-15-37-21)23(22)39-24(35)32-9-8-19-11-18(12-33-19)27(28,29)30/h4-7,13,15,18-20,22-23,33-34H,8-12,14H2,1-3H3,(H,32,35)/t18-,19+,20+,22-,23-/m0/s1. The fraction of sp³-hybridized carbons (Fsp3) is 0.593. The largest absolute Gasteiger partial charge is 0.509 e. The van der Waals surface area contributed by atoms with E-state index in [2.05, 4.69) is 20.9 Å². The van der Waals surface area contributed by atoms with E-state index in [4.69, 9.17) is 18.6 Å². The lowest BCUT2D eigenvalue weighted by molar-refractivity contribution is -0.169. The first-order valence-electron chi connectivity index (χ1n) is 13.2. The van der Waals surface area contributed by atoms with Gasteiger partial charge < -0.3 is 34.6 Å². The van der Waals surface area contributed by atoms with E-state index in [-0.39, 0.29) is 38.1 Å². The quantitative estimate of drug-likeness (QED) is 0.402. The number of oxazole rings is 1. The molecule has 5 atom stereocenters. The van der Waals surface area contributed by atoms with Gasteiger partial charge in [0.1, 0.15) is 5.60 Å². The molecule has 0 spiro atoms. The Balaban J connectivity index is 1.35. The number of halogens is 3. The number of nitrogens with one attached hydrogen (secondary N) is 3. The van der Waals surface area contributed by atoms with Crippen LogP contribution in [0.4, 0.5) is 22.8 Å². The minimum absolute atomic E-state index is 0.0319. The topological polar surface area (TPSA) is 124 Å². The molecule has 1 aromatic carbocycles. The zero-order valence-corrected chi connectivity index (χ0v) is 22.6. The molecule has 2 aliphatic heterocycles. The molecule has 2 saturated heterocycles. The van der Waals surface area contributed by atoms with E-state index in [1.165, 1.54) is 6.39 Å². The van der Waals surface area contributed by atoms with E-state index >= 15 is 0 Å². The van der Waals surface area contributed by atoms with Crippen LogP contribution in [0.3, 0.4) is 0 Å². The second kappa shape index (κ2) is 12.5. The summed E-state index contributed by atoms with van der Waals surface area (Å²) in [6.07, 6.45) is -3.77. The van der Waals surface area contributed by atoms with Crippen molar-refractivity contribution in [3.63, 3.8) is 0 Å². The van der Waals surface area contributed by atoms with Crippen molar-refractivity contribution >= 4 is 12.2 Å². The van der Waals surface area contributed by atoms with Gasteiger partial charge in [-0.2, -0.15) is 13.2 Å². The molecule has 1 aromatic heterocycles. The average molecular weight is 569 g/mol. The highest BCUT2D eigenvalue weighted by Gasteiger charge is 2.44. The van der Waals surface area contributed by atoms with Crippen LogP contribution in [0.1, 0.15) is 39.2 Å². The Morgan fingerprint density at radius 3 is 2.48 bits per heavy atom. The monoisotopic (exact) mass is 568 g/mol. The van der Waals surface area contributed by atoms with Crippen LogP contribution in [0.2, 0.25) is 0 Å². The third-order valence-corrected chi connectivity index (χ3v) is 6.80. The van der Waals surface area contributed by atoms with Gasteiger partial charge in [-0.3, -0.25) is 0 Å². The van der Waals surface area contributed by atoms with Crippen LogP contribution < -0.4 is 16.0 Å². The van der Waals surface area contributed by atoms with Gasteiger partial charge in [0.05, 0.1) is 18.2 Å². The van der Waals surface area contributed by atoms with Crippen molar-refractivity contribution in [2.24, 2.45) is 5.92 Å². The summed E-state index contributed by atoms with van der Waals surface area (Å²) >= 11 is 0. The third-order valence-electron chi connectivity index (χ3n) is 6.80. The van der Waals surface area contributed by atoms with Crippen molar-refractivity contribution in [2.45, 2.75) is 76.1 Å².